The lowest BCUT2D eigenvalue weighted by molar-refractivity contribution is 0.450. The van der Waals surface area contributed by atoms with Crippen LogP contribution < -0.4 is 10.5 Å². The van der Waals surface area contributed by atoms with Gasteiger partial charge in [0.25, 0.3) is 0 Å². The van der Waals surface area contributed by atoms with Crippen LogP contribution in [-0.4, -0.2) is 13.5 Å². The smallest absolute Gasteiger partial charge is 0.244 e. The Bertz CT molecular complexity index is 1010. The SMILES string of the molecule is Cc1cccc(S(=O)(=O)NC(c2ccccc2)C(N)c2ccccc2)c1O. The first kappa shape index (κ1) is 19.1. The van der Waals surface area contributed by atoms with E-state index in [0.29, 0.717) is 5.56 Å². The summed E-state index contributed by atoms with van der Waals surface area (Å²) in [7, 11) is -3.99. The van der Waals surface area contributed by atoms with E-state index < -0.39 is 22.1 Å². The molecule has 0 saturated carbocycles. The van der Waals surface area contributed by atoms with Crippen molar-refractivity contribution in [3.05, 3.63) is 95.6 Å². The van der Waals surface area contributed by atoms with Gasteiger partial charge in [-0.2, -0.15) is 0 Å². The van der Waals surface area contributed by atoms with Gasteiger partial charge >= 0.3 is 0 Å². The Balaban J connectivity index is 2.02. The molecule has 3 rings (SSSR count). The van der Waals surface area contributed by atoms with Gasteiger partial charge in [-0.15, -0.1) is 0 Å². The van der Waals surface area contributed by atoms with Crippen molar-refractivity contribution in [2.75, 3.05) is 0 Å². The molecule has 0 bridgehead atoms. The predicted molar refractivity (Wildman–Crippen MR) is 106 cm³/mol. The number of hydrogen-bond acceptors (Lipinski definition) is 4. The van der Waals surface area contributed by atoms with E-state index in [9.17, 15) is 13.5 Å². The van der Waals surface area contributed by atoms with Crippen LogP contribution in [0.15, 0.2) is 83.8 Å². The van der Waals surface area contributed by atoms with E-state index >= 15 is 0 Å². The molecule has 140 valence electrons. The van der Waals surface area contributed by atoms with E-state index in [1.165, 1.54) is 6.07 Å². The molecule has 5 nitrogen and oxygen atoms in total. The topological polar surface area (TPSA) is 92.4 Å². The summed E-state index contributed by atoms with van der Waals surface area (Å²) in [5.74, 6) is -0.259. The number of para-hydroxylation sites is 1. The third kappa shape index (κ3) is 4.19. The molecule has 0 aliphatic carbocycles. The van der Waals surface area contributed by atoms with Crippen molar-refractivity contribution >= 4 is 10.0 Å². The molecular weight excluding hydrogens is 360 g/mol. The minimum atomic E-state index is -3.99. The molecule has 0 spiro atoms. The molecule has 0 saturated heterocycles. The second-order valence-corrected chi connectivity index (χ2v) is 8.05. The molecule has 0 aliphatic rings. The molecule has 0 amide bonds. The van der Waals surface area contributed by atoms with Crippen molar-refractivity contribution in [2.45, 2.75) is 23.9 Å². The Hall–Kier alpha value is -2.67. The van der Waals surface area contributed by atoms with Crippen molar-refractivity contribution in [2.24, 2.45) is 5.73 Å². The van der Waals surface area contributed by atoms with Crippen LogP contribution in [0.2, 0.25) is 0 Å². The number of phenolic OH excluding ortho intramolecular Hbond substituents is 1. The summed E-state index contributed by atoms with van der Waals surface area (Å²) in [6.07, 6.45) is 0. The van der Waals surface area contributed by atoms with E-state index in [4.69, 9.17) is 5.73 Å². The molecule has 3 aromatic carbocycles. The van der Waals surface area contributed by atoms with Crippen LogP contribution in [0.5, 0.6) is 5.75 Å². The average Bonchev–Trinajstić information content (AvgIpc) is 2.69. The number of hydrogen-bond donors (Lipinski definition) is 3. The molecule has 2 atom stereocenters. The number of nitrogens with two attached hydrogens (primary N) is 1. The number of aryl methyl sites for hydroxylation is 1. The van der Waals surface area contributed by atoms with Gasteiger partial charge in [0.1, 0.15) is 10.6 Å². The zero-order valence-corrected chi connectivity index (χ0v) is 15.7. The van der Waals surface area contributed by atoms with Crippen LogP contribution in [0, 0.1) is 6.92 Å². The Kier molecular flexibility index (Phi) is 5.60. The van der Waals surface area contributed by atoms with Gasteiger partial charge in [0.2, 0.25) is 10.0 Å². The van der Waals surface area contributed by atoms with Crippen LogP contribution in [-0.2, 0) is 10.0 Å². The first-order valence-electron chi connectivity index (χ1n) is 8.56. The van der Waals surface area contributed by atoms with Gasteiger partial charge in [0.05, 0.1) is 12.1 Å². The molecule has 6 heteroatoms. The van der Waals surface area contributed by atoms with Crippen molar-refractivity contribution in [1.29, 1.82) is 0 Å². The Morgan fingerprint density at radius 1 is 0.852 bits per heavy atom. The average molecular weight is 382 g/mol. The lowest BCUT2D eigenvalue weighted by Gasteiger charge is -2.26. The molecule has 0 fully saturated rings. The Labute approximate surface area is 159 Å². The molecule has 0 aromatic heterocycles. The molecule has 0 aliphatic heterocycles. The third-order valence-corrected chi connectivity index (χ3v) is 5.95. The van der Waals surface area contributed by atoms with Gasteiger partial charge in [-0.1, -0.05) is 72.8 Å². The first-order valence-corrected chi connectivity index (χ1v) is 10.0. The van der Waals surface area contributed by atoms with E-state index in [1.807, 2.05) is 60.7 Å². The fourth-order valence-corrected chi connectivity index (χ4v) is 4.37. The highest BCUT2D eigenvalue weighted by molar-refractivity contribution is 7.89. The minimum absolute atomic E-state index is 0.163. The number of benzene rings is 3. The summed E-state index contributed by atoms with van der Waals surface area (Å²) in [5.41, 5.74) is 8.47. The van der Waals surface area contributed by atoms with Crippen molar-refractivity contribution < 1.29 is 13.5 Å². The first-order chi connectivity index (χ1) is 12.9. The summed E-state index contributed by atoms with van der Waals surface area (Å²) >= 11 is 0. The highest BCUT2D eigenvalue weighted by atomic mass is 32.2. The lowest BCUT2D eigenvalue weighted by atomic mass is 9.95. The maximum absolute atomic E-state index is 13.0. The molecule has 3 aromatic rings. The fourth-order valence-electron chi connectivity index (χ4n) is 2.96. The molecule has 0 radical (unpaired) electrons. The summed E-state index contributed by atoms with van der Waals surface area (Å²) in [6.45, 7) is 1.65. The number of nitrogens with one attached hydrogen (secondary N) is 1. The quantitative estimate of drug-likeness (QED) is 0.609. The zero-order valence-electron chi connectivity index (χ0n) is 14.9. The second kappa shape index (κ2) is 7.92. The highest BCUT2D eigenvalue weighted by Gasteiger charge is 2.29. The van der Waals surface area contributed by atoms with Gasteiger partial charge in [-0.3, -0.25) is 0 Å². The van der Waals surface area contributed by atoms with Crippen molar-refractivity contribution in [1.82, 2.24) is 4.72 Å². The van der Waals surface area contributed by atoms with Crippen molar-refractivity contribution in [3.8, 4) is 5.75 Å². The van der Waals surface area contributed by atoms with Crippen LogP contribution >= 0.6 is 0 Å². The summed E-state index contributed by atoms with van der Waals surface area (Å²) < 4.78 is 28.7. The van der Waals surface area contributed by atoms with Crippen LogP contribution in [0.25, 0.3) is 0 Å². The van der Waals surface area contributed by atoms with Crippen molar-refractivity contribution in [3.63, 3.8) is 0 Å². The predicted octanol–water partition coefficient (Wildman–Crippen LogP) is 3.42. The standard InChI is InChI=1S/C21H22N2O3S/c1-15-9-8-14-18(21(15)24)27(25,26)23-20(17-12-6-3-7-13-17)19(22)16-10-4-2-5-11-16/h2-14,19-20,23-24H,22H2,1H3. The van der Waals surface area contributed by atoms with E-state index in [2.05, 4.69) is 4.72 Å². The van der Waals surface area contributed by atoms with Crippen LogP contribution in [0.3, 0.4) is 0 Å². The second-order valence-electron chi connectivity index (χ2n) is 6.37. The molecule has 4 N–H and O–H groups in total. The normalized spacial score (nSPS) is 13.9. The number of phenols is 1. The van der Waals surface area contributed by atoms with Gasteiger partial charge < -0.3 is 10.8 Å². The zero-order chi connectivity index (χ0) is 19.4. The number of sulfonamides is 1. The van der Waals surface area contributed by atoms with Gasteiger partial charge in [0, 0.05) is 0 Å². The minimum Gasteiger partial charge on any atom is -0.506 e. The van der Waals surface area contributed by atoms with E-state index in [-0.39, 0.29) is 10.6 Å². The van der Waals surface area contributed by atoms with Crippen LogP contribution in [0.1, 0.15) is 28.8 Å². The summed E-state index contributed by atoms with van der Waals surface area (Å²) in [6, 6.07) is 21.8. The molecule has 2 unspecified atom stereocenters. The Morgan fingerprint density at radius 2 is 1.41 bits per heavy atom. The number of rotatable bonds is 6. The molecule has 27 heavy (non-hydrogen) atoms. The lowest BCUT2D eigenvalue weighted by Crippen LogP contribution is -2.36. The van der Waals surface area contributed by atoms with Crippen LogP contribution in [0.4, 0.5) is 0 Å². The maximum Gasteiger partial charge on any atom is 0.244 e. The molecule has 0 heterocycles. The van der Waals surface area contributed by atoms with E-state index in [0.717, 1.165) is 11.1 Å². The molecular formula is C21H22N2O3S. The Morgan fingerprint density at radius 3 is 2.00 bits per heavy atom. The largest absolute Gasteiger partial charge is 0.506 e. The third-order valence-electron chi connectivity index (χ3n) is 4.47. The van der Waals surface area contributed by atoms with E-state index in [1.54, 1.807) is 19.1 Å². The monoisotopic (exact) mass is 382 g/mol. The fraction of sp³-hybridized carbons (Fsp3) is 0.143. The maximum atomic E-state index is 13.0. The number of aromatic hydroxyl groups is 1. The van der Waals surface area contributed by atoms with Gasteiger partial charge in [-0.25, -0.2) is 13.1 Å². The van der Waals surface area contributed by atoms with Gasteiger partial charge in [0.15, 0.2) is 0 Å². The summed E-state index contributed by atoms with van der Waals surface area (Å²) in [4.78, 5) is -0.163. The highest BCUT2D eigenvalue weighted by Crippen LogP contribution is 2.31. The summed E-state index contributed by atoms with van der Waals surface area (Å²) in [5, 5.41) is 10.2. The van der Waals surface area contributed by atoms with Gasteiger partial charge in [-0.05, 0) is 29.7 Å².